The number of nitrogens with zero attached hydrogens (tertiary/aromatic N) is 1. The van der Waals surface area contributed by atoms with Gasteiger partial charge in [-0.2, -0.15) is 4.31 Å². The Labute approximate surface area is 175 Å². The number of sulfonamides is 1. The minimum absolute atomic E-state index is 0.0383. The summed E-state index contributed by atoms with van der Waals surface area (Å²) in [5, 5.41) is 2.10. The van der Waals surface area contributed by atoms with E-state index in [0.717, 1.165) is 34.6 Å². The second-order valence-corrected chi connectivity index (χ2v) is 8.32. The summed E-state index contributed by atoms with van der Waals surface area (Å²) in [6, 6.07) is 5.12. The molecule has 166 valence electrons. The molecule has 0 unspecified atom stereocenters. The Morgan fingerprint density at radius 3 is 2.42 bits per heavy atom. The average molecular weight is 458 g/mol. The molecule has 31 heavy (non-hydrogen) atoms. The van der Waals surface area contributed by atoms with Crippen LogP contribution in [0.25, 0.3) is 0 Å². The van der Waals surface area contributed by atoms with E-state index in [9.17, 15) is 31.2 Å². The van der Waals surface area contributed by atoms with Gasteiger partial charge in [-0.3, -0.25) is 4.79 Å². The first-order valence-corrected chi connectivity index (χ1v) is 10.4. The van der Waals surface area contributed by atoms with E-state index in [4.69, 9.17) is 9.47 Å². The Kier molecular flexibility index (Phi) is 6.93. The molecule has 0 spiro atoms. The lowest BCUT2D eigenvalue weighted by molar-refractivity contribution is -0.119. The smallest absolute Gasteiger partial charge is 0.338 e. The number of halogens is 3. The summed E-state index contributed by atoms with van der Waals surface area (Å²) in [6.07, 6.45) is 0. The molecule has 1 amide bonds. The number of hydrogen-bond donors (Lipinski definition) is 1. The maximum absolute atomic E-state index is 14.2. The fourth-order valence-corrected chi connectivity index (χ4v) is 4.24. The summed E-state index contributed by atoms with van der Waals surface area (Å²) in [5.74, 6) is -4.90. The summed E-state index contributed by atoms with van der Waals surface area (Å²) < 4.78 is 76.9. The van der Waals surface area contributed by atoms with Crippen molar-refractivity contribution in [2.24, 2.45) is 0 Å². The number of benzene rings is 2. The minimum atomic E-state index is -4.21. The van der Waals surface area contributed by atoms with Crippen molar-refractivity contribution in [1.82, 2.24) is 4.31 Å². The van der Waals surface area contributed by atoms with Gasteiger partial charge < -0.3 is 14.8 Å². The molecule has 0 aromatic heterocycles. The van der Waals surface area contributed by atoms with Gasteiger partial charge >= 0.3 is 5.97 Å². The quantitative estimate of drug-likeness (QED) is 0.664. The molecular weight excluding hydrogens is 441 g/mol. The third-order valence-corrected chi connectivity index (χ3v) is 6.21. The molecule has 2 aromatic carbocycles. The first kappa shape index (κ1) is 22.7. The number of morpholine rings is 1. The molecule has 1 N–H and O–H groups in total. The largest absolute Gasteiger partial charge is 0.452 e. The van der Waals surface area contributed by atoms with Crippen LogP contribution in [-0.4, -0.2) is 57.5 Å². The number of hydrogen-bond acceptors (Lipinski definition) is 6. The predicted molar refractivity (Wildman–Crippen MR) is 101 cm³/mol. The summed E-state index contributed by atoms with van der Waals surface area (Å²) in [5.41, 5.74) is -0.614. The molecule has 0 radical (unpaired) electrons. The van der Waals surface area contributed by atoms with Gasteiger partial charge in [0.15, 0.2) is 6.61 Å². The number of carbonyl (C=O) groups excluding carboxylic acids is 2. The van der Waals surface area contributed by atoms with Crippen molar-refractivity contribution in [2.45, 2.75) is 4.90 Å². The predicted octanol–water partition coefficient (Wildman–Crippen LogP) is 1.92. The SMILES string of the molecule is O=C(COC(=O)c1ccc(F)c(S(=O)(=O)N2CCOCC2)c1)Nc1ccc(F)cc1F. The maximum Gasteiger partial charge on any atom is 0.338 e. The van der Waals surface area contributed by atoms with Crippen LogP contribution in [0.1, 0.15) is 10.4 Å². The van der Waals surface area contributed by atoms with Gasteiger partial charge in [-0.15, -0.1) is 0 Å². The van der Waals surface area contributed by atoms with Gasteiger partial charge in [0.05, 0.1) is 24.5 Å². The second kappa shape index (κ2) is 9.45. The Morgan fingerprint density at radius 2 is 1.74 bits per heavy atom. The standard InChI is InChI=1S/C19H17F3N2O6S/c20-13-2-4-16(15(22)10-13)23-18(25)11-30-19(26)12-1-3-14(21)17(9-12)31(27,28)24-5-7-29-8-6-24/h1-4,9-10H,5-8,11H2,(H,23,25). The van der Waals surface area contributed by atoms with Crippen LogP contribution in [0.4, 0.5) is 18.9 Å². The van der Waals surface area contributed by atoms with Crippen LogP contribution in [0.5, 0.6) is 0 Å². The third-order valence-electron chi connectivity index (χ3n) is 4.29. The van der Waals surface area contributed by atoms with Crippen molar-refractivity contribution in [3.05, 3.63) is 59.4 Å². The number of esters is 1. The van der Waals surface area contributed by atoms with Crippen LogP contribution < -0.4 is 5.32 Å². The number of anilines is 1. The van der Waals surface area contributed by atoms with Gasteiger partial charge in [0.25, 0.3) is 5.91 Å². The van der Waals surface area contributed by atoms with Crippen LogP contribution >= 0.6 is 0 Å². The second-order valence-electron chi connectivity index (χ2n) is 6.41. The van der Waals surface area contributed by atoms with Crippen molar-refractivity contribution < 1.29 is 40.7 Å². The van der Waals surface area contributed by atoms with Gasteiger partial charge in [-0.05, 0) is 30.3 Å². The van der Waals surface area contributed by atoms with E-state index in [0.29, 0.717) is 6.07 Å². The summed E-state index contributed by atoms with van der Waals surface area (Å²) in [6.45, 7) is -0.440. The summed E-state index contributed by atoms with van der Waals surface area (Å²) in [4.78, 5) is 23.3. The van der Waals surface area contributed by atoms with Gasteiger partial charge in [0.1, 0.15) is 22.3 Å². The molecular formula is C19H17F3N2O6S. The average Bonchev–Trinajstić information content (AvgIpc) is 2.75. The summed E-state index contributed by atoms with van der Waals surface area (Å²) in [7, 11) is -4.21. The number of carbonyl (C=O) groups is 2. The van der Waals surface area contributed by atoms with Crippen molar-refractivity contribution in [3.8, 4) is 0 Å². The molecule has 12 heteroatoms. The van der Waals surface area contributed by atoms with E-state index in [2.05, 4.69) is 5.32 Å². The fraction of sp³-hybridized carbons (Fsp3) is 0.263. The first-order chi connectivity index (χ1) is 14.7. The highest BCUT2D eigenvalue weighted by molar-refractivity contribution is 7.89. The van der Waals surface area contributed by atoms with Crippen LogP contribution in [0.3, 0.4) is 0 Å². The number of ether oxygens (including phenoxy) is 2. The Balaban J connectivity index is 1.68. The highest BCUT2D eigenvalue weighted by Gasteiger charge is 2.30. The van der Waals surface area contributed by atoms with Gasteiger partial charge in [-0.1, -0.05) is 0 Å². The zero-order valence-electron chi connectivity index (χ0n) is 15.9. The molecule has 0 atom stereocenters. The lowest BCUT2D eigenvalue weighted by Crippen LogP contribution is -2.41. The monoisotopic (exact) mass is 458 g/mol. The van der Waals surface area contributed by atoms with Crippen molar-refractivity contribution in [2.75, 3.05) is 38.2 Å². The van der Waals surface area contributed by atoms with Crippen LogP contribution in [0.2, 0.25) is 0 Å². The molecule has 8 nitrogen and oxygen atoms in total. The Bertz CT molecular complexity index is 1100. The minimum Gasteiger partial charge on any atom is -0.452 e. The Hall–Kier alpha value is -2.96. The van der Waals surface area contributed by atoms with E-state index in [1.807, 2.05) is 0 Å². The molecule has 1 aliphatic rings. The molecule has 1 fully saturated rings. The zero-order chi connectivity index (χ0) is 22.6. The Morgan fingerprint density at radius 1 is 1.03 bits per heavy atom. The lowest BCUT2D eigenvalue weighted by Gasteiger charge is -2.26. The molecule has 0 saturated carbocycles. The van der Waals surface area contributed by atoms with Crippen molar-refractivity contribution in [3.63, 3.8) is 0 Å². The van der Waals surface area contributed by atoms with E-state index in [1.54, 1.807) is 0 Å². The zero-order valence-corrected chi connectivity index (χ0v) is 16.8. The number of nitrogens with one attached hydrogen (secondary N) is 1. The molecule has 1 saturated heterocycles. The van der Waals surface area contributed by atoms with Gasteiger partial charge in [0.2, 0.25) is 10.0 Å². The first-order valence-electron chi connectivity index (χ1n) is 8.98. The topological polar surface area (TPSA) is 102 Å². The van der Waals surface area contributed by atoms with Gasteiger partial charge in [-0.25, -0.2) is 26.4 Å². The van der Waals surface area contributed by atoms with Crippen molar-refractivity contribution >= 4 is 27.6 Å². The molecule has 1 aliphatic heterocycles. The van der Waals surface area contributed by atoms with Gasteiger partial charge in [0, 0.05) is 19.2 Å². The van der Waals surface area contributed by atoms with Crippen molar-refractivity contribution in [1.29, 1.82) is 0 Å². The lowest BCUT2D eigenvalue weighted by atomic mass is 10.2. The van der Waals surface area contributed by atoms with Crippen LogP contribution in [0, 0.1) is 17.5 Å². The van der Waals surface area contributed by atoms with E-state index < -0.39 is 50.9 Å². The molecule has 2 aromatic rings. The van der Waals surface area contributed by atoms with Crippen LogP contribution in [-0.2, 0) is 24.3 Å². The maximum atomic E-state index is 14.2. The molecule has 1 heterocycles. The number of rotatable bonds is 6. The molecule has 0 bridgehead atoms. The summed E-state index contributed by atoms with van der Waals surface area (Å²) >= 11 is 0. The molecule has 0 aliphatic carbocycles. The normalized spacial score (nSPS) is 14.8. The number of amides is 1. The highest BCUT2D eigenvalue weighted by atomic mass is 32.2. The fourth-order valence-electron chi connectivity index (χ4n) is 2.75. The van der Waals surface area contributed by atoms with E-state index in [1.165, 1.54) is 0 Å². The van der Waals surface area contributed by atoms with E-state index >= 15 is 0 Å². The van der Waals surface area contributed by atoms with Crippen LogP contribution in [0.15, 0.2) is 41.3 Å². The molecule has 3 rings (SSSR count). The highest BCUT2D eigenvalue weighted by Crippen LogP contribution is 2.22. The third kappa shape index (κ3) is 5.40. The van der Waals surface area contributed by atoms with E-state index in [-0.39, 0.29) is 37.6 Å².